The van der Waals surface area contributed by atoms with Crippen molar-refractivity contribution >= 4 is 17.4 Å². The maximum Gasteiger partial charge on any atom is 0.296 e. The Bertz CT molecular complexity index is 766. The fourth-order valence-corrected chi connectivity index (χ4v) is 3.18. The number of hydrogen-bond acceptors (Lipinski definition) is 3. The highest BCUT2D eigenvalue weighted by Crippen LogP contribution is 2.38. The van der Waals surface area contributed by atoms with Crippen LogP contribution >= 0.6 is 0 Å². The molecule has 0 aliphatic carbocycles. The molecule has 2 aromatic carbocycles. The van der Waals surface area contributed by atoms with Gasteiger partial charge in [-0.1, -0.05) is 30.3 Å². The summed E-state index contributed by atoms with van der Waals surface area (Å²) < 4.78 is 0. The van der Waals surface area contributed by atoms with Crippen molar-refractivity contribution < 1.29 is 9.59 Å². The van der Waals surface area contributed by atoms with Crippen LogP contribution in [0.4, 0.5) is 5.69 Å². The van der Waals surface area contributed by atoms with Gasteiger partial charge in [-0.3, -0.25) is 9.59 Å². The monoisotopic (exact) mass is 278 g/mol. The molecule has 4 rings (SSSR count). The summed E-state index contributed by atoms with van der Waals surface area (Å²) in [5.74, 6) is -0.960. The van der Waals surface area contributed by atoms with Gasteiger partial charge in [-0.25, -0.2) is 0 Å². The Kier molecular flexibility index (Phi) is 2.65. The van der Waals surface area contributed by atoms with Gasteiger partial charge < -0.3 is 10.6 Å². The van der Waals surface area contributed by atoms with Crippen molar-refractivity contribution in [2.45, 2.75) is 13.0 Å². The maximum absolute atomic E-state index is 12.0. The summed E-state index contributed by atoms with van der Waals surface area (Å²) in [7, 11) is 0. The van der Waals surface area contributed by atoms with Crippen LogP contribution in [-0.4, -0.2) is 18.2 Å². The van der Waals surface area contributed by atoms with Gasteiger partial charge >= 0.3 is 0 Å². The number of anilines is 1. The Balaban J connectivity index is 2.01. The lowest BCUT2D eigenvalue weighted by Crippen LogP contribution is -2.25. The molecule has 0 radical (unpaired) electrons. The average Bonchev–Trinajstić information content (AvgIpc) is 2.83. The first-order valence-corrected chi connectivity index (χ1v) is 7.06. The lowest BCUT2D eigenvalue weighted by Gasteiger charge is -2.23. The van der Waals surface area contributed by atoms with Crippen LogP contribution in [0.15, 0.2) is 36.4 Å². The molecule has 21 heavy (non-hydrogen) atoms. The number of hydrogen-bond donors (Lipinski definition) is 2. The lowest BCUT2D eigenvalue weighted by molar-refractivity contribution is -0.112. The zero-order chi connectivity index (χ0) is 14.4. The van der Waals surface area contributed by atoms with E-state index < -0.39 is 11.7 Å². The first-order chi connectivity index (χ1) is 10.3. The number of fused-ring (bicyclic) bond motifs is 3. The van der Waals surface area contributed by atoms with Crippen LogP contribution in [0.3, 0.4) is 0 Å². The molecule has 0 saturated carbocycles. The second kappa shape index (κ2) is 4.53. The molecule has 0 fully saturated rings. The molecule has 2 aliphatic heterocycles. The molecule has 2 N–H and O–H groups in total. The highest BCUT2D eigenvalue weighted by atomic mass is 16.2. The molecule has 0 spiro atoms. The van der Waals surface area contributed by atoms with Crippen molar-refractivity contribution in [2.24, 2.45) is 0 Å². The summed E-state index contributed by atoms with van der Waals surface area (Å²) in [5.41, 5.74) is 5.64. The summed E-state index contributed by atoms with van der Waals surface area (Å²) in [6, 6.07) is 11.9. The van der Waals surface area contributed by atoms with Gasteiger partial charge in [0.05, 0.1) is 11.3 Å². The summed E-state index contributed by atoms with van der Waals surface area (Å²) in [4.78, 5) is 23.7. The normalized spacial score (nSPS) is 16.4. The number of nitrogens with one attached hydrogen (secondary N) is 2. The third-order valence-corrected chi connectivity index (χ3v) is 4.18. The van der Waals surface area contributed by atoms with E-state index in [2.05, 4.69) is 10.6 Å². The Morgan fingerprint density at radius 3 is 2.57 bits per heavy atom. The topological polar surface area (TPSA) is 58.2 Å². The molecule has 0 saturated heterocycles. The SMILES string of the molecule is O=C1Nc2c(cc(-c3ccccc3)c3c2CNCC3)C1=O. The van der Waals surface area contributed by atoms with Crippen molar-refractivity contribution in [3.05, 3.63) is 53.1 Å². The molecule has 1 amide bonds. The summed E-state index contributed by atoms with van der Waals surface area (Å²) in [6.07, 6.45) is 0.900. The molecule has 4 nitrogen and oxygen atoms in total. The third kappa shape index (κ3) is 1.80. The van der Waals surface area contributed by atoms with Crippen LogP contribution in [0, 0.1) is 0 Å². The highest BCUT2D eigenvalue weighted by Gasteiger charge is 2.33. The first-order valence-electron chi connectivity index (χ1n) is 7.06. The second-order valence-electron chi connectivity index (χ2n) is 5.38. The number of carbonyl (C=O) groups is 2. The minimum absolute atomic E-state index is 0.435. The van der Waals surface area contributed by atoms with E-state index in [1.807, 2.05) is 36.4 Å². The predicted molar refractivity (Wildman–Crippen MR) is 80.2 cm³/mol. The molecule has 2 aromatic rings. The van der Waals surface area contributed by atoms with Crippen molar-refractivity contribution in [2.75, 3.05) is 11.9 Å². The summed E-state index contributed by atoms with van der Waals surface area (Å²) in [5, 5.41) is 6.04. The van der Waals surface area contributed by atoms with E-state index in [1.165, 1.54) is 5.56 Å². The second-order valence-corrected chi connectivity index (χ2v) is 5.38. The van der Waals surface area contributed by atoms with E-state index in [0.29, 0.717) is 17.8 Å². The molecule has 2 heterocycles. The number of carbonyl (C=O) groups excluding carboxylic acids is 2. The number of amides is 1. The van der Waals surface area contributed by atoms with Crippen LogP contribution < -0.4 is 10.6 Å². The van der Waals surface area contributed by atoms with Crippen molar-refractivity contribution in [3.8, 4) is 11.1 Å². The Hall–Kier alpha value is -2.46. The summed E-state index contributed by atoms with van der Waals surface area (Å²) >= 11 is 0. The number of rotatable bonds is 1. The minimum atomic E-state index is -0.525. The van der Waals surface area contributed by atoms with Crippen LogP contribution in [0.2, 0.25) is 0 Å². The van der Waals surface area contributed by atoms with Gasteiger partial charge in [-0.2, -0.15) is 0 Å². The largest absolute Gasteiger partial charge is 0.318 e. The van der Waals surface area contributed by atoms with Crippen LogP contribution in [0.5, 0.6) is 0 Å². The van der Waals surface area contributed by atoms with Gasteiger partial charge in [0.1, 0.15) is 0 Å². The number of Topliss-reactive ketones (excluding diaryl/α,β-unsaturated/α-hetero) is 1. The van der Waals surface area contributed by atoms with E-state index in [-0.39, 0.29) is 0 Å². The molecule has 4 heteroatoms. The zero-order valence-corrected chi connectivity index (χ0v) is 11.4. The van der Waals surface area contributed by atoms with Crippen molar-refractivity contribution in [1.82, 2.24) is 5.32 Å². The van der Waals surface area contributed by atoms with Gasteiger partial charge in [0.25, 0.3) is 11.7 Å². The number of ketones is 1. The van der Waals surface area contributed by atoms with Gasteiger partial charge in [-0.05, 0) is 41.3 Å². The van der Waals surface area contributed by atoms with E-state index in [4.69, 9.17) is 0 Å². The smallest absolute Gasteiger partial charge is 0.296 e. The molecule has 2 aliphatic rings. The molecule has 104 valence electrons. The van der Waals surface area contributed by atoms with E-state index in [0.717, 1.165) is 29.7 Å². The lowest BCUT2D eigenvalue weighted by atomic mass is 9.88. The Morgan fingerprint density at radius 1 is 0.952 bits per heavy atom. The van der Waals surface area contributed by atoms with Crippen LogP contribution in [0.25, 0.3) is 11.1 Å². The fourth-order valence-electron chi connectivity index (χ4n) is 3.18. The third-order valence-electron chi connectivity index (χ3n) is 4.18. The van der Waals surface area contributed by atoms with Crippen LogP contribution in [-0.2, 0) is 17.8 Å². The molecule has 0 bridgehead atoms. The van der Waals surface area contributed by atoms with Gasteiger partial charge in [-0.15, -0.1) is 0 Å². The first kappa shape index (κ1) is 12.3. The summed E-state index contributed by atoms with van der Waals surface area (Å²) in [6.45, 7) is 1.60. The Labute approximate surface area is 122 Å². The quantitative estimate of drug-likeness (QED) is 0.786. The fraction of sp³-hybridized carbons (Fsp3) is 0.176. The minimum Gasteiger partial charge on any atom is -0.318 e. The number of benzene rings is 2. The van der Waals surface area contributed by atoms with Gasteiger partial charge in [0.2, 0.25) is 0 Å². The predicted octanol–water partition coefficient (Wildman–Crippen LogP) is 2.13. The van der Waals surface area contributed by atoms with Gasteiger partial charge in [0.15, 0.2) is 0 Å². The van der Waals surface area contributed by atoms with Gasteiger partial charge in [0, 0.05) is 6.54 Å². The molecular formula is C17H14N2O2. The molecule has 0 unspecified atom stereocenters. The zero-order valence-electron chi connectivity index (χ0n) is 11.4. The molecular weight excluding hydrogens is 264 g/mol. The van der Waals surface area contributed by atoms with E-state index >= 15 is 0 Å². The average molecular weight is 278 g/mol. The van der Waals surface area contributed by atoms with Crippen LogP contribution in [0.1, 0.15) is 21.5 Å². The molecule has 0 atom stereocenters. The maximum atomic E-state index is 12.0. The van der Waals surface area contributed by atoms with E-state index in [1.54, 1.807) is 0 Å². The highest BCUT2D eigenvalue weighted by molar-refractivity contribution is 6.52. The standard InChI is InChI=1S/C17H14N2O2/c20-16-13-8-12(10-4-2-1-3-5-10)11-6-7-18-9-14(11)15(13)19-17(16)21/h1-5,8,18H,6-7,9H2,(H,19,20,21). The van der Waals surface area contributed by atoms with Crippen molar-refractivity contribution in [3.63, 3.8) is 0 Å². The van der Waals surface area contributed by atoms with Crippen molar-refractivity contribution in [1.29, 1.82) is 0 Å². The Morgan fingerprint density at radius 2 is 1.76 bits per heavy atom. The molecule has 0 aromatic heterocycles. The van der Waals surface area contributed by atoms with E-state index in [9.17, 15) is 9.59 Å².